The third-order valence-corrected chi connectivity index (χ3v) is 3.69. The molecule has 0 unspecified atom stereocenters. The van der Waals surface area contributed by atoms with Gasteiger partial charge in [-0.15, -0.1) is 0 Å². The Morgan fingerprint density at radius 1 is 1.27 bits per heavy atom. The minimum Gasteiger partial charge on any atom is -0.392 e. The van der Waals surface area contributed by atoms with E-state index in [4.69, 9.17) is 10.8 Å². The number of aliphatic hydroxyl groups excluding tert-OH is 1. The summed E-state index contributed by atoms with van der Waals surface area (Å²) >= 11 is 0. The Kier molecular flexibility index (Phi) is 4.24. The van der Waals surface area contributed by atoms with E-state index in [2.05, 4.69) is 15.1 Å². The number of carbonyl (C=O) groups is 1. The summed E-state index contributed by atoms with van der Waals surface area (Å²) in [5.74, 6) is -0.900. The largest absolute Gasteiger partial charge is 0.435 e. The van der Waals surface area contributed by atoms with Crippen LogP contribution in [0.1, 0.15) is 21.9 Å². The molecule has 0 atom stereocenters. The number of nitrogens with two attached hydrogens (primary N) is 1. The molecule has 26 heavy (non-hydrogen) atoms. The van der Waals surface area contributed by atoms with Crippen molar-refractivity contribution in [3.8, 4) is 17.1 Å². The van der Waals surface area contributed by atoms with Gasteiger partial charge in [0.05, 0.1) is 24.1 Å². The quantitative estimate of drug-likeness (QED) is 0.722. The Morgan fingerprint density at radius 2 is 2.00 bits per heavy atom. The van der Waals surface area contributed by atoms with Gasteiger partial charge in [-0.2, -0.15) is 18.3 Å². The first-order valence-electron chi connectivity index (χ1n) is 7.27. The number of nitrogens with zero attached hydrogens (tertiary/aromatic N) is 5. The molecule has 0 bridgehead atoms. The molecule has 0 spiro atoms. The minimum atomic E-state index is -4.73. The van der Waals surface area contributed by atoms with Crippen molar-refractivity contribution in [3.63, 3.8) is 0 Å². The second-order valence-electron chi connectivity index (χ2n) is 5.41. The van der Waals surface area contributed by atoms with E-state index in [0.29, 0.717) is 5.56 Å². The lowest BCUT2D eigenvalue weighted by Crippen LogP contribution is -2.17. The average Bonchev–Trinajstić information content (AvgIpc) is 3.18. The fourth-order valence-electron chi connectivity index (χ4n) is 2.42. The third kappa shape index (κ3) is 3.04. The molecule has 11 heteroatoms. The number of carbonyl (C=O) groups excluding carboxylic acids is 1. The SMILES string of the molecule is Cn1c(-c2cn(-c3ccc(CO)cn3)nc2C(F)(F)F)cnc1C(N)=O. The van der Waals surface area contributed by atoms with Crippen molar-refractivity contribution in [2.75, 3.05) is 0 Å². The van der Waals surface area contributed by atoms with E-state index in [1.807, 2.05) is 0 Å². The monoisotopic (exact) mass is 366 g/mol. The molecule has 136 valence electrons. The summed E-state index contributed by atoms with van der Waals surface area (Å²) in [4.78, 5) is 19.0. The van der Waals surface area contributed by atoms with E-state index in [1.54, 1.807) is 0 Å². The molecule has 3 N–H and O–H groups in total. The summed E-state index contributed by atoms with van der Waals surface area (Å²) in [6, 6.07) is 2.95. The zero-order valence-corrected chi connectivity index (χ0v) is 13.4. The van der Waals surface area contributed by atoms with E-state index in [9.17, 15) is 18.0 Å². The molecule has 0 saturated carbocycles. The first-order chi connectivity index (χ1) is 12.2. The highest BCUT2D eigenvalue weighted by Gasteiger charge is 2.38. The van der Waals surface area contributed by atoms with Gasteiger partial charge in [0, 0.05) is 19.4 Å². The molecule has 0 fully saturated rings. The van der Waals surface area contributed by atoms with Gasteiger partial charge in [-0.05, 0) is 11.6 Å². The van der Waals surface area contributed by atoms with Gasteiger partial charge in [-0.1, -0.05) is 6.07 Å². The summed E-state index contributed by atoms with van der Waals surface area (Å²) < 4.78 is 42.4. The minimum absolute atomic E-state index is 0.0318. The predicted octanol–water partition coefficient (Wildman–Crippen LogP) is 1.28. The maximum absolute atomic E-state index is 13.4. The number of rotatable bonds is 4. The first-order valence-corrected chi connectivity index (χ1v) is 7.27. The molecule has 0 saturated heterocycles. The van der Waals surface area contributed by atoms with E-state index >= 15 is 0 Å². The maximum Gasteiger partial charge on any atom is 0.435 e. The number of hydrogen-bond acceptors (Lipinski definition) is 5. The van der Waals surface area contributed by atoms with Gasteiger partial charge in [-0.3, -0.25) is 4.79 Å². The lowest BCUT2D eigenvalue weighted by Gasteiger charge is -2.07. The number of amides is 1. The highest BCUT2D eigenvalue weighted by Crippen LogP contribution is 2.36. The van der Waals surface area contributed by atoms with Gasteiger partial charge >= 0.3 is 6.18 Å². The number of aliphatic hydroxyl groups is 1. The summed E-state index contributed by atoms with van der Waals surface area (Å²) in [6.07, 6.45) is -1.13. The van der Waals surface area contributed by atoms with Crippen molar-refractivity contribution < 1.29 is 23.1 Å². The van der Waals surface area contributed by atoms with Crippen LogP contribution in [-0.2, 0) is 19.8 Å². The number of halogens is 3. The fraction of sp³-hybridized carbons (Fsp3) is 0.200. The van der Waals surface area contributed by atoms with Crippen molar-refractivity contribution >= 4 is 5.91 Å². The molecule has 3 heterocycles. The highest BCUT2D eigenvalue weighted by molar-refractivity contribution is 5.90. The molecule has 0 aromatic carbocycles. The molecular weight excluding hydrogens is 353 g/mol. The Hall–Kier alpha value is -3.21. The maximum atomic E-state index is 13.4. The molecule has 1 amide bonds. The van der Waals surface area contributed by atoms with Crippen LogP contribution < -0.4 is 5.73 Å². The van der Waals surface area contributed by atoms with E-state index in [0.717, 1.165) is 17.1 Å². The van der Waals surface area contributed by atoms with Crippen LogP contribution in [0.4, 0.5) is 13.2 Å². The molecule has 3 aromatic rings. The smallest absolute Gasteiger partial charge is 0.392 e. The lowest BCUT2D eigenvalue weighted by atomic mass is 10.2. The fourth-order valence-corrected chi connectivity index (χ4v) is 2.42. The van der Waals surface area contributed by atoms with Crippen molar-refractivity contribution in [2.24, 2.45) is 12.8 Å². The summed E-state index contributed by atoms with van der Waals surface area (Å²) in [7, 11) is 1.38. The van der Waals surface area contributed by atoms with Crippen molar-refractivity contribution in [2.45, 2.75) is 12.8 Å². The Labute approximate surface area is 144 Å². The topological polar surface area (TPSA) is 112 Å². The van der Waals surface area contributed by atoms with Crippen LogP contribution >= 0.6 is 0 Å². The Balaban J connectivity index is 2.15. The second-order valence-corrected chi connectivity index (χ2v) is 5.41. The molecule has 3 rings (SSSR count). The van der Waals surface area contributed by atoms with Crippen LogP contribution in [-0.4, -0.2) is 35.3 Å². The van der Waals surface area contributed by atoms with Gasteiger partial charge in [0.15, 0.2) is 17.3 Å². The number of imidazole rings is 1. The van der Waals surface area contributed by atoms with Crippen LogP contribution in [0.15, 0.2) is 30.7 Å². The van der Waals surface area contributed by atoms with Gasteiger partial charge in [0.1, 0.15) is 0 Å². The molecule has 0 aliphatic rings. The molecule has 0 aliphatic heterocycles. The van der Waals surface area contributed by atoms with Gasteiger partial charge in [0.25, 0.3) is 5.91 Å². The summed E-state index contributed by atoms with van der Waals surface area (Å²) in [5.41, 5.74) is 4.28. The van der Waals surface area contributed by atoms with Crippen molar-refractivity contribution in [1.82, 2.24) is 24.3 Å². The van der Waals surface area contributed by atoms with E-state index in [-0.39, 0.29) is 29.5 Å². The molecule has 3 aromatic heterocycles. The van der Waals surface area contributed by atoms with Crippen LogP contribution in [0, 0.1) is 0 Å². The second kappa shape index (κ2) is 6.26. The van der Waals surface area contributed by atoms with Gasteiger partial charge in [-0.25, -0.2) is 14.6 Å². The summed E-state index contributed by atoms with van der Waals surface area (Å²) in [6.45, 7) is -0.240. The lowest BCUT2D eigenvalue weighted by molar-refractivity contribution is -0.140. The zero-order valence-electron chi connectivity index (χ0n) is 13.4. The number of pyridine rings is 1. The van der Waals surface area contributed by atoms with Crippen molar-refractivity contribution in [3.05, 3.63) is 47.8 Å². The third-order valence-electron chi connectivity index (χ3n) is 3.69. The average molecular weight is 366 g/mol. The van der Waals surface area contributed by atoms with Crippen LogP contribution in [0.25, 0.3) is 17.1 Å². The number of primary amides is 1. The van der Waals surface area contributed by atoms with E-state index < -0.39 is 17.8 Å². The number of alkyl halides is 3. The Morgan fingerprint density at radius 3 is 2.50 bits per heavy atom. The Bertz CT molecular complexity index is 959. The van der Waals surface area contributed by atoms with Crippen LogP contribution in [0.5, 0.6) is 0 Å². The molecule has 8 nitrogen and oxygen atoms in total. The normalized spacial score (nSPS) is 11.7. The van der Waals surface area contributed by atoms with Gasteiger partial charge < -0.3 is 15.4 Å². The zero-order chi connectivity index (χ0) is 19.1. The standard InChI is InChI=1S/C15H13F3N6O2/c1-23-10(5-21-14(23)13(19)26)9-6-24(22-12(9)15(16,17)18)11-3-2-8(7-25)4-20-11/h2-6,25H,7H2,1H3,(H2,19,26). The molecule has 0 radical (unpaired) electrons. The highest BCUT2D eigenvalue weighted by atomic mass is 19.4. The van der Waals surface area contributed by atoms with Crippen molar-refractivity contribution in [1.29, 1.82) is 0 Å². The van der Waals surface area contributed by atoms with Crippen LogP contribution in [0.2, 0.25) is 0 Å². The molecule has 0 aliphatic carbocycles. The summed E-state index contributed by atoms with van der Waals surface area (Å²) in [5, 5.41) is 12.6. The van der Waals surface area contributed by atoms with Gasteiger partial charge in [0.2, 0.25) is 0 Å². The first kappa shape index (κ1) is 17.6. The number of hydrogen-bond donors (Lipinski definition) is 2. The molecular formula is C15H13F3N6O2. The number of aromatic nitrogens is 5. The van der Waals surface area contributed by atoms with Crippen LogP contribution in [0.3, 0.4) is 0 Å². The van der Waals surface area contributed by atoms with E-state index in [1.165, 1.54) is 29.9 Å². The predicted molar refractivity (Wildman–Crippen MR) is 83.0 cm³/mol.